The van der Waals surface area contributed by atoms with E-state index in [0.717, 1.165) is 11.4 Å². The Labute approximate surface area is 169 Å². The highest BCUT2D eigenvalue weighted by Crippen LogP contribution is 2.52. The van der Waals surface area contributed by atoms with E-state index >= 15 is 0 Å². The molecule has 1 aromatic heterocycles. The molecule has 2 nitrogen and oxygen atoms in total. The summed E-state index contributed by atoms with van der Waals surface area (Å²) < 4.78 is 0. The van der Waals surface area contributed by atoms with Crippen molar-refractivity contribution in [3.05, 3.63) is 96.3 Å². The van der Waals surface area contributed by atoms with E-state index in [4.69, 9.17) is 9.97 Å². The second kappa shape index (κ2) is 5.74. The normalized spacial score (nSPS) is 14.1. The van der Waals surface area contributed by atoms with Crippen LogP contribution in [0.4, 0.5) is 0 Å². The summed E-state index contributed by atoms with van der Waals surface area (Å²) in [5.74, 6) is 0. The van der Waals surface area contributed by atoms with Gasteiger partial charge in [0.2, 0.25) is 0 Å². The summed E-state index contributed by atoms with van der Waals surface area (Å²) in [5.41, 5.74) is 6.89. The maximum atomic E-state index is 4.81. The van der Waals surface area contributed by atoms with Gasteiger partial charge in [0.1, 0.15) is 6.33 Å². The third-order valence-electron chi connectivity index (χ3n) is 6.33. The fourth-order valence-corrected chi connectivity index (χ4v) is 4.91. The quantitative estimate of drug-likeness (QED) is 0.325. The molecule has 0 amide bonds. The van der Waals surface area contributed by atoms with Gasteiger partial charge in [-0.1, -0.05) is 80.6 Å². The standard InChI is InChI=1S/C27H20N2/c1-27(2)23-15-19-10-4-3-9-18(19)14-22(23)26-24(27)25(28-16-29-26)21-13-7-11-17-8-5-6-12-20(17)21/h3-16H,1-2H3. The highest BCUT2D eigenvalue weighted by molar-refractivity contribution is 5.99. The molecule has 0 saturated heterocycles. The molecule has 0 radical (unpaired) electrons. The average Bonchev–Trinajstić information content (AvgIpc) is 2.99. The van der Waals surface area contributed by atoms with Gasteiger partial charge in [-0.15, -0.1) is 0 Å². The van der Waals surface area contributed by atoms with Crippen molar-refractivity contribution in [2.24, 2.45) is 0 Å². The lowest BCUT2D eigenvalue weighted by atomic mass is 9.80. The zero-order valence-electron chi connectivity index (χ0n) is 16.5. The van der Waals surface area contributed by atoms with Gasteiger partial charge in [-0.3, -0.25) is 0 Å². The van der Waals surface area contributed by atoms with Gasteiger partial charge in [0, 0.05) is 22.1 Å². The average molecular weight is 372 g/mol. The Kier molecular flexibility index (Phi) is 3.25. The second-order valence-electron chi connectivity index (χ2n) is 8.34. The molecule has 1 heterocycles. The van der Waals surface area contributed by atoms with Crippen molar-refractivity contribution in [2.75, 3.05) is 0 Å². The van der Waals surface area contributed by atoms with Gasteiger partial charge in [0.15, 0.2) is 0 Å². The maximum absolute atomic E-state index is 4.81. The Morgan fingerprint density at radius 3 is 2.03 bits per heavy atom. The van der Waals surface area contributed by atoms with E-state index in [1.165, 1.54) is 43.8 Å². The van der Waals surface area contributed by atoms with Crippen LogP contribution in [0.15, 0.2) is 85.2 Å². The highest BCUT2D eigenvalue weighted by atomic mass is 14.9. The van der Waals surface area contributed by atoms with Gasteiger partial charge < -0.3 is 0 Å². The number of benzene rings is 4. The topological polar surface area (TPSA) is 25.8 Å². The Morgan fingerprint density at radius 1 is 0.621 bits per heavy atom. The monoisotopic (exact) mass is 372 g/mol. The Bertz CT molecular complexity index is 1420. The number of rotatable bonds is 1. The molecule has 0 bridgehead atoms. The molecule has 2 heteroatoms. The minimum absolute atomic E-state index is 0.164. The predicted octanol–water partition coefficient (Wildman–Crippen LogP) is 6.76. The van der Waals surface area contributed by atoms with Crippen molar-refractivity contribution in [3.63, 3.8) is 0 Å². The molecule has 29 heavy (non-hydrogen) atoms. The van der Waals surface area contributed by atoms with E-state index in [-0.39, 0.29) is 5.41 Å². The molecule has 0 fully saturated rings. The molecule has 1 aliphatic rings. The summed E-state index contributed by atoms with van der Waals surface area (Å²) in [6.07, 6.45) is 1.72. The Morgan fingerprint density at radius 2 is 1.24 bits per heavy atom. The van der Waals surface area contributed by atoms with Crippen LogP contribution in [0.25, 0.3) is 44.1 Å². The van der Waals surface area contributed by atoms with Crippen molar-refractivity contribution in [1.82, 2.24) is 9.97 Å². The molecule has 5 aromatic rings. The molecular weight excluding hydrogens is 352 g/mol. The van der Waals surface area contributed by atoms with E-state index in [1.807, 2.05) is 0 Å². The van der Waals surface area contributed by atoms with Crippen molar-refractivity contribution in [2.45, 2.75) is 19.3 Å². The highest BCUT2D eigenvalue weighted by Gasteiger charge is 2.39. The summed E-state index contributed by atoms with van der Waals surface area (Å²) >= 11 is 0. The van der Waals surface area contributed by atoms with Gasteiger partial charge >= 0.3 is 0 Å². The molecule has 1 aliphatic carbocycles. The van der Waals surface area contributed by atoms with E-state index in [2.05, 4.69) is 92.7 Å². The lowest BCUT2D eigenvalue weighted by Gasteiger charge is -2.24. The molecule has 138 valence electrons. The molecule has 0 spiro atoms. The van der Waals surface area contributed by atoms with Crippen molar-refractivity contribution in [3.8, 4) is 22.5 Å². The molecule has 0 saturated carbocycles. The summed E-state index contributed by atoms with van der Waals surface area (Å²) in [4.78, 5) is 9.57. The third-order valence-corrected chi connectivity index (χ3v) is 6.33. The SMILES string of the molecule is CC1(C)c2cc3ccccc3cc2-c2ncnc(-c3cccc4ccccc34)c21. The minimum atomic E-state index is -0.164. The Balaban J connectivity index is 1.69. The second-order valence-corrected chi connectivity index (χ2v) is 8.34. The number of hydrogen-bond acceptors (Lipinski definition) is 2. The smallest absolute Gasteiger partial charge is 0.116 e. The Hall–Kier alpha value is -3.52. The van der Waals surface area contributed by atoms with Crippen LogP contribution in [-0.2, 0) is 5.41 Å². The molecule has 0 aliphatic heterocycles. The first-order chi connectivity index (χ1) is 14.1. The van der Waals surface area contributed by atoms with Crippen LogP contribution in [0, 0.1) is 0 Å². The molecular formula is C27H20N2. The predicted molar refractivity (Wildman–Crippen MR) is 120 cm³/mol. The summed E-state index contributed by atoms with van der Waals surface area (Å²) in [6, 6.07) is 28.2. The summed E-state index contributed by atoms with van der Waals surface area (Å²) in [5, 5.41) is 4.98. The van der Waals surface area contributed by atoms with Gasteiger partial charge in [-0.05, 0) is 39.2 Å². The van der Waals surface area contributed by atoms with E-state index in [1.54, 1.807) is 6.33 Å². The van der Waals surface area contributed by atoms with Crippen LogP contribution in [0.3, 0.4) is 0 Å². The summed E-state index contributed by atoms with van der Waals surface area (Å²) in [6.45, 7) is 4.59. The molecule has 0 unspecified atom stereocenters. The third kappa shape index (κ3) is 2.23. The van der Waals surface area contributed by atoms with Gasteiger partial charge in [-0.25, -0.2) is 9.97 Å². The van der Waals surface area contributed by atoms with E-state index in [9.17, 15) is 0 Å². The van der Waals surface area contributed by atoms with Crippen LogP contribution < -0.4 is 0 Å². The number of hydrogen-bond donors (Lipinski definition) is 0. The van der Waals surface area contributed by atoms with E-state index < -0.39 is 0 Å². The molecule has 0 atom stereocenters. The van der Waals surface area contributed by atoms with Gasteiger partial charge in [0.25, 0.3) is 0 Å². The zero-order chi connectivity index (χ0) is 19.6. The molecule has 6 rings (SSSR count). The minimum Gasteiger partial charge on any atom is -0.236 e. The number of nitrogens with zero attached hydrogens (tertiary/aromatic N) is 2. The summed E-state index contributed by atoms with van der Waals surface area (Å²) in [7, 11) is 0. The maximum Gasteiger partial charge on any atom is 0.116 e. The van der Waals surface area contributed by atoms with Crippen molar-refractivity contribution in [1.29, 1.82) is 0 Å². The first-order valence-electron chi connectivity index (χ1n) is 10.0. The zero-order valence-corrected chi connectivity index (χ0v) is 16.5. The van der Waals surface area contributed by atoms with Crippen LogP contribution in [0.2, 0.25) is 0 Å². The van der Waals surface area contributed by atoms with E-state index in [0.29, 0.717) is 0 Å². The van der Waals surface area contributed by atoms with Crippen LogP contribution >= 0.6 is 0 Å². The van der Waals surface area contributed by atoms with Crippen molar-refractivity contribution >= 4 is 21.5 Å². The van der Waals surface area contributed by atoms with Gasteiger partial charge in [-0.2, -0.15) is 0 Å². The lowest BCUT2D eigenvalue weighted by molar-refractivity contribution is 0.658. The lowest BCUT2D eigenvalue weighted by Crippen LogP contribution is -2.17. The number of fused-ring (bicyclic) bond motifs is 5. The fourth-order valence-electron chi connectivity index (χ4n) is 4.91. The molecule has 4 aromatic carbocycles. The number of aromatic nitrogens is 2. The first kappa shape index (κ1) is 16.4. The van der Waals surface area contributed by atoms with Crippen LogP contribution in [0.1, 0.15) is 25.0 Å². The fraction of sp³-hybridized carbons (Fsp3) is 0.111. The van der Waals surface area contributed by atoms with Crippen LogP contribution in [0.5, 0.6) is 0 Å². The largest absolute Gasteiger partial charge is 0.236 e. The van der Waals surface area contributed by atoms with Crippen LogP contribution in [-0.4, -0.2) is 9.97 Å². The molecule has 0 N–H and O–H groups in total. The first-order valence-corrected chi connectivity index (χ1v) is 10.0. The van der Waals surface area contributed by atoms with Crippen molar-refractivity contribution < 1.29 is 0 Å². The van der Waals surface area contributed by atoms with Gasteiger partial charge in [0.05, 0.1) is 11.4 Å².